The first-order valence-electron chi connectivity index (χ1n) is 7.38. The van der Waals surface area contributed by atoms with Gasteiger partial charge in [-0.1, -0.05) is 26.0 Å². The summed E-state index contributed by atoms with van der Waals surface area (Å²) in [4.78, 5) is 22.3. The summed E-state index contributed by atoms with van der Waals surface area (Å²) in [7, 11) is 0. The van der Waals surface area contributed by atoms with Crippen LogP contribution >= 0.6 is 0 Å². The van der Waals surface area contributed by atoms with Crippen LogP contribution in [0.5, 0.6) is 0 Å². The Morgan fingerprint density at radius 3 is 2.40 bits per heavy atom. The molecule has 136 valence electrons. The number of non-ortho nitro benzene ring substituents is 1. The Morgan fingerprint density at radius 1 is 1.40 bits per heavy atom. The van der Waals surface area contributed by atoms with Crippen LogP contribution in [-0.2, 0) is 11.2 Å². The number of nitro benzene ring substituents is 1. The smallest absolute Gasteiger partial charge is 0.362 e. The van der Waals surface area contributed by atoms with Crippen LogP contribution in [0.15, 0.2) is 29.4 Å². The quantitative estimate of drug-likeness (QED) is 0.660. The van der Waals surface area contributed by atoms with Crippen molar-refractivity contribution < 1.29 is 28.0 Å². The van der Waals surface area contributed by atoms with Crippen molar-refractivity contribution in [2.75, 3.05) is 0 Å². The molecule has 1 amide bonds. The van der Waals surface area contributed by atoms with Crippen LogP contribution in [0.3, 0.4) is 0 Å². The molecule has 0 aromatic heterocycles. The van der Waals surface area contributed by atoms with E-state index in [4.69, 9.17) is 0 Å². The number of hydrazone groups is 1. The Balaban J connectivity index is 2.26. The normalized spacial score (nSPS) is 20.8. The van der Waals surface area contributed by atoms with Gasteiger partial charge in [-0.15, -0.1) is 0 Å². The zero-order valence-electron chi connectivity index (χ0n) is 13.4. The third-order valence-corrected chi connectivity index (χ3v) is 3.87. The first kappa shape index (κ1) is 18.8. The summed E-state index contributed by atoms with van der Waals surface area (Å²) in [6.45, 7) is 3.22. The molecule has 1 heterocycles. The highest BCUT2D eigenvalue weighted by molar-refractivity contribution is 5.92. The lowest BCUT2D eigenvalue weighted by molar-refractivity contribution is -0.384. The highest BCUT2D eigenvalue weighted by Gasteiger charge is 2.63. The molecule has 1 aliphatic rings. The summed E-state index contributed by atoms with van der Waals surface area (Å²) in [5.74, 6) is -1.42. The summed E-state index contributed by atoms with van der Waals surface area (Å²) in [5.41, 5.74) is -3.25. The molecule has 0 unspecified atom stereocenters. The Hall–Kier alpha value is -2.49. The average Bonchev–Trinajstić information content (AvgIpc) is 2.87. The molecule has 0 aliphatic carbocycles. The van der Waals surface area contributed by atoms with E-state index in [-0.39, 0.29) is 27.9 Å². The summed E-state index contributed by atoms with van der Waals surface area (Å²) < 4.78 is 39.8. The van der Waals surface area contributed by atoms with Gasteiger partial charge >= 0.3 is 6.18 Å². The molecule has 10 heteroatoms. The van der Waals surface area contributed by atoms with E-state index in [0.717, 1.165) is 12.1 Å². The van der Waals surface area contributed by atoms with Crippen LogP contribution in [0.1, 0.15) is 25.8 Å². The number of halogens is 3. The van der Waals surface area contributed by atoms with Gasteiger partial charge in [0.1, 0.15) is 0 Å². The molecule has 7 nitrogen and oxygen atoms in total. The summed E-state index contributed by atoms with van der Waals surface area (Å²) in [6, 6.07) is 4.83. The highest BCUT2D eigenvalue weighted by atomic mass is 19.4. The van der Waals surface area contributed by atoms with Gasteiger partial charge in [-0.25, -0.2) is 0 Å². The number of nitro groups is 1. The van der Waals surface area contributed by atoms with E-state index in [1.54, 1.807) is 13.8 Å². The number of alkyl halides is 3. The van der Waals surface area contributed by atoms with Crippen LogP contribution in [0.25, 0.3) is 0 Å². The molecule has 0 saturated carbocycles. The van der Waals surface area contributed by atoms with Gasteiger partial charge in [0.05, 0.1) is 11.3 Å². The molecule has 1 aliphatic heterocycles. The molecule has 0 saturated heterocycles. The predicted octanol–water partition coefficient (Wildman–Crippen LogP) is 2.63. The Bertz CT molecular complexity index is 716. The molecular weight excluding hydrogens is 343 g/mol. The maximum absolute atomic E-state index is 13.3. The molecule has 0 radical (unpaired) electrons. The number of rotatable bonds is 4. The van der Waals surface area contributed by atoms with Crippen LogP contribution in [0, 0.1) is 16.0 Å². The molecule has 2 rings (SSSR count). The number of benzene rings is 1. The monoisotopic (exact) mass is 359 g/mol. The van der Waals surface area contributed by atoms with Gasteiger partial charge in [-0.3, -0.25) is 14.9 Å². The van der Waals surface area contributed by atoms with Crippen molar-refractivity contribution in [1.82, 2.24) is 5.01 Å². The minimum atomic E-state index is -5.07. The second-order valence-corrected chi connectivity index (χ2v) is 6.04. The number of carbonyl (C=O) groups excluding carboxylic acids is 1. The molecule has 25 heavy (non-hydrogen) atoms. The summed E-state index contributed by atoms with van der Waals surface area (Å²) in [5, 5.41) is 24.4. The molecule has 0 fully saturated rings. The van der Waals surface area contributed by atoms with Crippen molar-refractivity contribution in [3.05, 3.63) is 39.9 Å². The van der Waals surface area contributed by atoms with Gasteiger partial charge in [-0.05, 0) is 11.5 Å². The lowest BCUT2D eigenvalue weighted by Gasteiger charge is -2.32. The summed E-state index contributed by atoms with van der Waals surface area (Å²) in [6.07, 6.45) is -6.36. The van der Waals surface area contributed by atoms with E-state index in [9.17, 15) is 33.2 Å². The SMILES string of the molecule is CC(C)C1=NN(C(=O)Cc2ccc([N+](=O)[O-])cc2)[C@](O)(C(F)(F)F)C1. The molecule has 1 N–H and O–H groups in total. The van der Waals surface area contributed by atoms with E-state index in [1.165, 1.54) is 12.1 Å². The maximum atomic E-state index is 13.3. The lowest BCUT2D eigenvalue weighted by atomic mass is 9.99. The van der Waals surface area contributed by atoms with Gasteiger partial charge in [0.15, 0.2) is 0 Å². The average molecular weight is 359 g/mol. The van der Waals surface area contributed by atoms with Crippen LogP contribution in [0.4, 0.5) is 18.9 Å². The predicted molar refractivity (Wildman–Crippen MR) is 81.5 cm³/mol. The van der Waals surface area contributed by atoms with Crippen molar-refractivity contribution in [2.24, 2.45) is 11.0 Å². The molecular formula is C15H16F3N3O4. The van der Waals surface area contributed by atoms with Crippen molar-refractivity contribution >= 4 is 17.3 Å². The minimum Gasteiger partial charge on any atom is -0.362 e. The number of hydrogen-bond donors (Lipinski definition) is 1. The standard InChI is InChI=1S/C15H16F3N3O4/c1-9(2)12-8-14(23,15(16,17)18)20(19-12)13(22)7-10-3-5-11(6-4-10)21(24)25/h3-6,9,23H,7-8H2,1-2H3/t14-/m1/s1. The number of aliphatic hydroxyl groups is 1. The third-order valence-electron chi connectivity index (χ3n) is 3.87. The molecule has 0 bridgehead atoms. The van der Waals surface area contributed by atoms with Crippen molar-refractivity contribution in [2.45, 2.75) is 38.6 Å². The number of hydrogen-bond acceptors (Lipinski definition) is 5. The fourth-order valence-corrected chi connectivity index (χ4v) is 2.36. The zero-order valence-corrected chi connectivity index (χ0v) is 13.4. The fourth-order valence-electron chi connectivity index (χ4n) is 2.36. The second kappa shape index (κ2) is 6.43. The van der Waals surface area contributed by atoms with E-state index in [1.807, 2.05) is 0 Å². The van der Waals surface area contributed by atoms with Crippen LogP contribution in [0.2, 0.25) is 0 Å². The zero-order chi connectivity index (χ0) is 19.0. The Kier molecular flexibility index (Phi) is 4.85. The molecule has 1 aromatic rings. The summed E-state index contributed by atoms with van der Waals surface area (Å²) >= 11 is 0. The lowest BCUT2D eigenvalue weighted by Crippen LogP contribution is -2.57. The second-order valence-electron chi connectivity index (χ2n) is 6.04. The largest absolute Gasteiger partial charge is 0.438 e. The van der Waals surface area contributed by atoms with Crippen molar-refractivity contribution in [3.63, 3.8) is 0 Å². The number of carbonyl (C=O) groups is 1. The van der Waals surface area contributed by atoms with Crippen molar-refractivity contribution in [3.8, 4) is 0 Å². The molecule has 1 aromatic carbocycles. The van der Waals surface area contributed by atoms with Gasteiger partial charge < -0.3 is 5.11 Å². The first-order chi connectivity index (χ1) is 11.5. The van der Waals surface area contributed by atoms with Gasteiger partial charge in [0, 0.05) is 24.3 Å². The van der Waals surface area contributed by atoms with E-state index in [0.29, 0.717) is 0 Å². The van der Waals surface area contributed by atoms with Gasteiger partial charge in [0.2, 0.25) is 5.91 Å². The minimum absolute atomic E-state index is 0.0666. The van der Waals surface area contributed by atoms with Crippen LogP contribution in [-0.4, -0.2) is 38.6 Å². The Morgan fingerprint density at radius 2 is 1.96 bits per heavy atom. The molecule has 1 atom stereocenters. The highest BCUT2D eigenvalue weighted by Crippen LogP contribution is 2.41. The van der Waals surface area contributed by atoms with Gasteiger partial charge in [-0.2, -0.15) is 23.3 Å². The molecule has 0 spiro atoms. The fraction of sp³-hybridized carbons (Fsp3) is 0.467. The first-order valence-corrected chi connectivity index (χ1v) is 7.38. The number of nitrogens with zero attached hydrogens (tertiary/aromatic N) is 3. The topological polar surface area (TPSA) is 96.0 Å². The van der Waals surface area contributed by atoms with E-state index >= 15 is 0 Å². The Labute approximate surface area is 140 Å². The van der Waals surface area contributed by atoms with Gasteiger partial charge in [0.25, 0.3) is 11.4 Å². The maximum Gasteiger partial charge on any atom is 0.438 e. The van der Waals surface area contributed by atoms with E-state index < -0.39 is 35.6 Å². The van der Waals surface area contributed by atoms with Crippen LogP contribution < -0.4 is 0 Å². The third kappa shape index (κ3) is 3.63. The van der Waals surface area contributed by atoms with Crippen molar-refractivity contribution in [1.29, 1.82) is 0 Å². The van der Waals surface area contributed by atoms with E-state index in [2.05, 4.69) is 5.10 Å². The number of amides is 1.